The molecule has 0 unspecified atom stereocenters. The van der Waals surface area contributed by atoms with E-state index in [-0.39, 0.29) is 6.04 Å². The quantitative estimate of drug-likeness (QED) is 0.886. The lowest BCUT2D eigenvalue weighted by Crippen LogP contribution is -2.17. The van der Waals surface area contributed by atoms with Gasteiger partial charge in [0.15, 0.2) is 0 Å². The highest BCUT2D eigenvalue weighted by Gasteiger charge is 2.06. The van der Waals surface area contributed by atoms with Crippen molar-refractivity contribution in [1.82, 2.24) is 0 Å². The van der Waals surface area contributed by atoms with Gasteiger partial charge in [-0.1, -0.05) is 43.3 Å². The Kier molecular flexibility index (Phi) is 4.80. The predicted molar refractivity (Wildman–Crippen MR) is 86.9 cm³/mol. The number of rotatable bonds is 5. The third-order valence-corrected chi connectivity index (χ3v) is 3.87. The smallest absolute Gasteiger partial charge is 0.0428 e. The fourth-order valence-corrected chi connectivity index (χ4v) is 2.35. The average molecular weight is 268 g/mol. The molecular formula is C18H24N2. The Morgan fingerprint density at radius 1 is 1.05 bits per heavy atom. The van der Waals surface area contributed by atoms with Crippen molar-refractivity contribution in [2.45, 2.75) is 32.9 Å². The van der Waals surface area contributed by atoms with Gasteiger partial charge in [-0.25, -0.2) is 0 Å². The SMILES string of the molecule is CC[C@@H](N)c1ccc(N(C)Cc2ccccc2C)cc1. The third-order valence-electron chi connectivity index (χ3n) is 3.87. The summed E-state index contributed by atoms with van der Waals surface area (Å²) in [5.74, 6) is 0. The molecule has 2 nitrogen and oxygen atoms in total. The van der Waals surface area contributed by atoms with Gasteiger partial charge in [0.1, 0.15) is 0 Å². The Hall–Kier alpha value is -1.80. The number of hydrogen-bond donors (Lipinski definition) is 1. The van der Waals surface area contributed by atoms with Crippen LogP contribution in [0.1, 0.15) is 36.1 Å². The summed E-state index contributed by atoms with van der Waals surface area (Å²) in [7, 11) is 2.13. The second-order valence-electron chi connectivity index (χ2n) is 5.39. The minimum Gasteiger partial charge on any atom is -0.370 e. The number of nitrogens with two attached hydrogens (primary N) is 1. The molecule has 0 radical (unpaired) electrons. The van der Waals surface area contributed by atoms with E-state index in [1.807, 2.05) is 0 Å². The molecule has 0 saturated carbocycles. The highest BCUT2D eigenvalue weighted by atomic mass is 15.1. The van der Waals surface area contributed by atoms with Crippen LogP contribution in [0.15, 0.2) is 48.5 Å². The van der Waals surface area contributed by atoms with E-state index in [1.165, 1.54) is 22.4 Å². The molecule has 0 aliphatic heterocycles. The van der Waals surface area contributed by atoms with Gasteiger partial charge in [0.05, 0.1) is 0 Å². The summed E-state index contributed by atoms with van der Waals surface area (Å²) >= 11 is 0. The van der Waals surface area contributed by atoms with Crippen LogP contribution >= 0.6 is 0 Å². The van der Waals surface area contributed by atoms with Gasteiger partial charge in [0.25, 0.3) is 0 Å². The molecule has 2 rings (SSSR count). The van der Waals surface area contributed by atoms with Crippen LogP contribution in [-0.4, -0.2) is 7.05 Å². The molecule has 0 aliphatic rings. The molecule has 2 N–H and O–H groups in total. The Bertz CT molecular complexity index is 546. The first-order valence-electron chi connectivity index (χ1n) is 7.23. The molecule has 2 aromatic carbocycles. The van der Waals surface area contributed by atoms with Crippen molar-refractivity contribution in [3.05, 3.63) is 65.2 Å². The van der Waals surface area contributed by atoms with Gasteiger partial charge in [-0.2, -0.15) is 0 Å². The first-order chi connectivity index (χ1) is 9.61. The third kappa shape index (κ3) is 3.40. The second kappa shape index (κ2) is 6.58. The molecule has 0 saturated heterocycles. The van der Waals surface area contributed by atoms with E-state index >= 15 is 0 Å². The first-order valence-corrected chi connectivity index (χ1v) is 7.23. The number of hydrogen-bond acceptors (Lipinski definition) is 2. The largest absolute Gasteiger partial charge is 0.370 e. The molecule has 0 aliphatic carbocycles. The van der Waals surface area contributed by atoms with Gasteiger partial charge >= 0.3 is 0 Å². The highest BCUT2D eigenvalue weighted by Crippen LogP contribution is 2.21. The first kappa shape index (κ1) is 14.6. The van der Waals surface area contributed by atoms with Gasteiger partial charge in [-0.3, -0.25) is 0 Å². The van der Waals surface area contributed by atoms with Crippen molar-refractivity contribution in [2.24, 2.45) is 5.73 Å². The molecule has 0 bridgehead atoms. The van der Waals surface area contributed by atoms with Crippen LogP contribution in [0.25, 0.3) is 0 Å². The maximum absolute atomic E-state index is 6.05. The van der Waals surface area contributed by atoms with Crippen molar-refractivity contribution in [3.8, 4) is 0 Å². The summed E-state index contributed by atoms with van der Waals surface area (Å²) in [5, 5.41) is 0. The molecule has 0 fully saturated rings. The zero-order valence-corrected chi connectivity index (χ0v) is 12.6. The zero-order chi connectivity index (χ0) is 14.5. The van der Waals surface area contributed by atoms with Gasteiger partial charge in [-0.05, 0) is 42.2 Å². The topological polar surface area (TPSA) is 29.3 Å². The van der Waals surface area contributed by atoms with Crippen molar-refractivity contribution in [1.29, 1.82) is 0 Å². The zero-order valence-electron chi connectivity index (χ0n) is 12.6. The van der Waals surface area contributed by atoms with Crippen molar-refractivity contribution in [2.75, 3.05) is 11.9 Å². The maximum atomic E-state index is 6.05. The summed E-state index contributed by atoms with van der Waals surface area (Å²) in [6, 6.07) is 17.3. The van der Waals surface area contributed by atoms with Crippen LogP contribution in [-0.2, 0) is 6.54 Å². The summed E-state index contributed by atoms with van der Waals surface area (Å²) in [5.41, 5.74) is 11.2. The summed E-state index contributed by atoms with van der Waals surface area (Å²) in [4.78, 5) is 2.27. The molecule has 2 aromatic rings. The van der Waals surface area contributed by atoms with Gasteiger partial charge in [0.2, 0.25) is 0 Å². The van der Waals surface area contributed by atoms with Gasteiger partial charge < -0.3 is 10.6 Å². The molecule has 20 heavy (non-hydrogen) atoms. The standard InChI is InChI=1S/C18H24N2/c1-4-18(19)15-9-11-17(12-10-15)20(3)13-16-8-6-5-7-14(16)2/h5-12,18H,4,13,19H2,1-3H3/t18-/m1/s1. The molecule has 2 heteroatoms. The minimum absolute atomic E-state index is 0.144. The lowest BCUT2D eigenvalue weighted by Gasteiger charge is -2.21. The normalized spacial score (nSPS) is 12.2. The summed E-state index contributed by atoms with van der Waals surface area (Å²) < 4.78 is 0. The lowest BCUT2D eigenvalue weighted by atomic mass is 10.0. The molecule has 1 atom stereocenters. The Balaban J connectivity index is 2.10. The fourth-order valence-electron chi connectivity index (χ4n) is 2.35. The van der Waals surface area contributed by atoms with E-state index in [0.29, 0.717) is 0 Å². The van der Waals surface area contributed by atoms with E-state index in [2.05, 4.69) is 74.3 Å². The fraction of sp³-hybridized carbons (Fsp3) is 0.333. The molecule has 106 valence electrons. The number of benzene rings is 2. The Labute approximate surface area is 122 Å². The van der Waals surface area contributed by atoms with Crippen LogP contribution in [0.4, 0.5) is 5.69 Å². The van der Waals surface area contributed by atoms with E-state index in [1.54, 1.807) is 0 Å². The molecule has 0 heterocycles. The minimum atomic E-state index is 0.144. The van der Waals surface area contributed by atoms with E-state index in [9.17, 15) is 0 Å². The van der Waals surface area contributed by atoms with E-state index in [0.717, 1.165) is 13.0 Å². The number of aryl methyl sites for hydroxylation is 1. The van der Waals surface area contributed by atoms with Crippen molar-refractivity contribution < 1.29 is 0 Å². The Morgan fingerprint density at radius 2 is 1.70 bits per heavy atom. The summed E-state index contributed by atoms with van der Waals surface area (Å²) in [6.45, 7) is 5.20. The van der Waals surface area contributed by atoms with Crippen molar-refractivity contribution >= 4 is 5.69 Å². The Morgan fingerprint density at radius 3 is 2.30 bits per heavy atom. The van der Waals surface area contributed by atoms with Gasteiger partial charge in [-0.15, -0.1) is 0 Å². The maximum Gasteiger partial charge on any atom is 0.0428 e. The van der Waals surface area contributed by atoms with Crippen molar-refractivity contribution in [3.63, 3.8) is 0 Å². The molecule has 0 amide bonds. The van der Waals surface area contributed by atoms with E-state index < -0.39 is 0 Å². The highest BCUT2D eigenvalue weighted by molar-refractivity contribution is 5.48. The van der Waals surface area contributed by atoms with Gasteiger partial charge in [0, 0.05) is 25.3 Å². The second-order valence-corrected chi connectivity index (χ2v) is 5.39. The van der Waals surface area contributed by atoms with E-state index in [4.69, 9.17) is 5.73 Å². The number of nitrogens with zero attached hydrogens (tertiary/aromatic N) is 1. The summed E-state index contributed by atoms with van der Waals surface area (Å²) in [6.07, 6.45) is 0.971. The molecule has 0 aromatic heterocycles. The van der Waals surface area contributed by atoms with Crippen LogP contribution in [0.2, 0.25) is 0 Å². The van der Waals surface area contributed by atoms with Crippen LogP contribution in [0.5, 0.6) is 0 Å². The van der Waals surface area contributed by atoms with Crippen LogP contribution in [0.3, 0.4) is 0 Å². The molecular weight excluding hydrogens is 244 g/mol. The number of anilines is 1. The lowest BCUT2D eigenvalue weighted by molar-refractivity contribution is 0.698. The van der Waals surface area contributed by atoms with Crippen LogP contribution < -0.4 is 10.6 Å². The predicted octanol–water partition coefficient (Wildman–Crippen LogP) is 4.04. The average Bonchev–Trinajstić information content (AvgIpc) is 2.49. The monoisotopic (exact) mass is 268 g/mol. The molecule has 0 spiro atoms. The van der Waals surface area contributed by atoms with Crippen LogP contribution in [0, 0.1) is 6.92 Å².